The molecule has 12 heavy (non-hydrogen) atoms. The fourth-order valence-electron chi connectivity index (χ4n) is 1.000. The molecule has 3 heteroatoms. The van der Waals surface area contributed by atoms with Crippen LogP contribution >= 0.6 is 0 Å². The first kappa shape index (κ1) is 6.91. The largest absolute Gasteiger partial charge is 0.244 e. The average Bonchev–Trinajstić information content (AvgIpc) is 2.07. The van der Waals surface area contributed by atoms with E-state index < -0.39 is 0 Å². The number of pyridine rings is 1. The van der Waals surface area contributed by atoms with Crippen LogP contribution in [0.25, 0.3) is 24.2 Å². The molecule has 0 amide bonds. The molecule has 0 N–H and O–H groups in total. The third kappa shape index (κ3) is 0.955. The van der Waals surface area contributed by atoms with E-state index in [-0.39, 0.29) is 0 Å². The maximum Gasteiger partial charge on any atom is 0.163 e. The summed E-state index contributed by atoms with van der Waals surface area (Å²) < 4.78 is 0. The normalized spacial score (nSPS) is 10.3. The molecule has 0 aliphatic heterocycles. The Hall–Kier alpha value is -1.77. The average molecular weight is 157 g/mol. The van der Waals surface area contributed by atoms with E-state index in [4.69, 9.17) is 0 Å². The number of hydrogen-bond acceptors (Lipinski definition) is 3. The van der Waals surface area contributed by atoms with Gasteiger partial charge in [0.05, 0.1) is 5.35 Å². The van der Waals surface area contributed by atoms with Gasteiger partial charge in [-0.15, -0.1) is 0 Å². The van der Waals surface area contributed by atoms with Gasteiger partial charge in [0.2, 0.25) is 0 Å². The molecule has 0 bridgehead atoms. The summed E-state index contributed by atoms with van der Waals surface area (Å²) in [6.07, 6.45) is 3.18. The molecule has 0 fully saturated rings. The highest BCUT2D eigenvalue weighted by Crippen LogP contribution is 1.98. The maximum absolute atomic E-state index is 4.15. The predicted molar refractivity (Wildman–Crippen MR) is 47.6 cm³/mol. The first-order valence-corrected chi connectivity index (χ1v) is 3.52. The van der Waals surface area contributed by atoms with E-state index in [1.807, 2.05) is 6.07 Å². The molecule has 0 radical (unpaired) electrons. The zero-order valence-electron chi connectivity index (χ0n) is 6.49. The second kappa shape index (κ2) is 2.37. The van der Waals surface area contributed by atoms with Crippen molar-refractivity contribution in [3.63, 3.8) is 0 Å². The molecule has 2 aromatic rings. The van der Waals surface area contributed by atoms with E-state index in [9.17, 15) is 0 Å². The van der Waals surface area contributed by atoms with E-state index in [1.54, 1.807) is 6.20 Å². The van der Waals surface area contributed by atoms with Crippen LogP contribution in [0.5, 0.6) is 0 Å². The highest BCUT2D eigenvalue weighted by atomic mass is 14.9. The van der Waals surface area contributed by atoms with E-state index >= 15 is 0 Å². The molecule has 2 aromatic heterocycles. The Kier molecular flexibility index (Phi) is 1.37. The molecule has 0 aromatic carbocycles. The number of nitrogens with zero attached hydrogens (tertiary/aromatic N) is 3. The number of fused-ring (bicyclic) bond motifs is 1. The molecular formula is C9H7N3. The monoisotopic (exact) mass is 157 g/mol. The van der Waals surface area contributed by atoms with Gasteiger partial charge in [0.1, 0.15) is 6.33 Å². The van der Waals surface area contributed by atoms with E-state index in [2.05, 4.69) is 28.1 Å². The van der Waals surface area contributed by atoms with Crippen molar-refractivity contribution in [2.45, 2.75) is 0 Å². The van der Waals surface area contributed by atoms with Gasteiger partial charge in [-0.25, -0.2) is 15.0 Å². The van der Waals surface area contributed by atoms with Crippen LogP contribution in [0, 0.1) is 0 Å². The van der Waals surface area contributed by atoms with Crippen molar-refractivity contribution < 1.29 is 0 Å². The van der Waals surface area contributed by atoms with Crippen molar-refractivity contribution in [3.8, 4) is 0 Å². The van der Waals surface area contributed by atoms with Crippen LogP contribution in [0.15, 0.2) is 18.6 Å². The molecule has 0 unspecified atom stereocenters. The van der Waals surface area contributed by atoms with Gasteiger partial charge in [0, 0.05) is 11.6 Å². The lowest BCUT2D eigenvalue weighted by Gasteiger charge is -1.93. The smallest absolute Gasteiger partial charge is 0.163 e. The Labute approximate surface area is 69.1 Å². The first-order valence-electron chi connectivity index (χ1n) is 3.52. The Morgan fingerprint density at radius 3 is 2.92 bits per heavy atom. The topological polar surface area (TPSA) is 38.7 Å². The van der Waals surface area contributed by atoms with Gasteiger partial charge in [-0.05, 0) is 11.3 Å². The van der Waals surface area contributed by atoms with Crippen molar-refractivity contribution >= 4 is 24.2 Å². The molecule has 0 aliphatic carbocycles. The van der Waals surface area contributed by atoms with Crippen LogP contribution < -0.4 is 10.6 Å². The van der Waals surface area contributed by atoms with Crippen LogP contribution in [0.3, 0.4) is 0 Å². The Morgan fingerprint density at radius 2 is 2.08 bits per heavy atom. The molecule has 0 atom stereocenters. The summed E-state index contributed by atoms with van der Waals surface area (Å²) in [7, 11) is 0. The standard InChI is InChI=1S/C9H7N3/c1-6-3-8-4-10-5-11-9(8)12-7(6)2/h3-5H,1-2H2. The molecule has 2 heterocycles. The molecule has 2 rings (SSSR count). The van der Waals surface area contributed by atoms with E-state index in [0.29, 0.717) is 11.0 Å². The second-order valence-electron chi connectivity index (χ2n) is 2.53. The highest BCUT2D eigenvalue weighted by Gasteiger charge is 1.93. The molecule has 0 spiro atoms. The lowest BCUT2D eigenvalue weighted by atomic mass is 10.3. The molecule has 0 saturated carbocycles. The quantitative estimate of drug-likeness (QED) is 0.533. The molecule has 58 valence electrons. The minimum atomic E-state index is 0.668. The minimum Gasteiger partial charge on any atom is -0.244 e. The number of aromatic nitrogens is 3. The fraction of sp³-hybridized carbons (Fsp3) is 0. The van der Waals surface area contributed by atoms with Gasteiger partial charge in [0.25, 0.3) is 0 Å². The molecule has 3 nitrogen and oxygen atoms in total. The lowest BCUT2D eigenvalue weighted by Crippen LogP contribution is -2.24. The van der Waals surface area contributed by atoms with Crippen molar-refractivity contribution in [1.29, 1.82) is 0 Å². The SMILES string of the molecule is C=c1cc2cncnc2nc1=C. The lowest BCUT2D eigenvalue weighted by molar-refractivity contribution is 1.16. The molecule has 0 aliphatic rings. The summed E-state index contributed by atoms with van der Waals surface area (Å²) >= 11 is 0. The van der Waals surface area contributed by atoms with Crippen molar-refractivity contribution in [1.82, 2.24) is 15.0 Å². The van der Waals surface area contributed by atoms with Gasteiger partial charge in [-0.1, -0.05) is 13.2 Å². The predicted octanol–water partition coefficient (Wildman–Crippen LogP) is -0.155. The fourth-order valence-corrected chi connectivity index (χ4v) is 1.000. The van der Waals surface area contributed by atoms with E-state index in [0.717, 1.165) is 10.6 Å². The zero-order valence-corrected chi connectivity index (χ0v) is 6.49. The summed E-state index contributed by atoms with van der Waals surface area (Å²) in [5.41, 5.74) is 0.669. The van der Waals surface area contributed by atoms with Crippen molar-refractivity contribution in [2.24, 2.45) is 0 Å². The third-order valence-corrected chi connectivity index (χ3v) is 1.66. The van der Waals surface area contributed by atoms with Gasteiger partial charge in [-0.2, -0.15) is 0 Å². The van der Waals surface area contributed by atoms with Gasteiger partial charge in [0.15, 0.2) is 5.65 Å². The summed E-state index contributed by atoms with van der Waals surface area (Å²) in [5, 5.41) is 2.38. The van der Waals surface area contributed by atoms with Crippen LogP contribution in [0.4, 0.5) is 0 Å². The number of hydrogen-bond donors (Lipinski definition) is 0. The Balaban J connectivity index is 3.03. The van der Waals surface area contributed by atoms with E-state index in [1.165, 1.54) is 6.33 Å². The van der Waals surface area contributed by atoms with Gasteiger partial charge in [-0.3, -0.25) is 0 Å². The highest BCUT2D eigenvalue weighted by molar-refractivity contribution is 5.72. The van der Waals surface area contributed by atoms with Crippen LogP contribution in [0.1, 0.15) is 0 Å². The van der Waals surface area contributed by atoms with Crippen molar-refractivity contribution in [2.75, 3.05) is 0 Å². The second-order valence-corrected chi connectivity index (χ2v) is 2.53. The van der Waals surface area contributed by atoms with Crippen molar-refractivity contribution in [3.05, 3.63) is 29.2 Å². The maximum atomic E-state index is 4.15. The summed E-state index contributed by atoms with van der Waals surface area (Å²) in [6.45, 7) is 7.53. The van der Waals surface area contributed by atoms with Crippen LogP contribution in [-0.4, -0.2) is 15.0 Å². The van der Waals surface area contributed by atoms with Crippen LogP contribution in [-0.2, 0) is 0 Å². The Morgan fingerprint density at radius 1 is 1.25 bits per heavy atom. The number of rotatable bonds is 0. The minimum absolute atomic E-state index is 0.668. The van der Waals surface area contributed by atoms with Crippen LogP contribution in [0.2, 0.25) is 0 Å². The third-order valence-electron chi connectivity index (χ3n) is 1.66. The molecular weight excluding hydrogens is 150 g/mol. The Bertz CT molecular complexity index is 470. The zero-order chi connectivity index (χ0) is 8.55. The summed E-state index contributed by atoms with van der Waals surface area (Å²) in [6, 6.07) is 1.88. The summed E-state index contributed by atoms with van der Waals surface area (Å²) in [4.78, 5) is 12.0. The summed E-state index contributed by atoms with van der Waals surface area (Å²) in [5.74, 6) is 0. The van der Waals surface area contributed by atoms with Gasteiger partial charge < -0.3 is 0 Å². The van der Waals surface area contributed by atoms with Gasteiger partial charge >= 0.3 is 0 Å². The first-order chi connectivity index (χ1) is 5.77. The molecule has 0 saturated heterocycles.